The van der Waals surface area contributed by atoms with Gasteiger partial charge in [0.25, 0.3) is 0 Å². The van der Waals surface area contributed by atoms with E-state index in [4.69, 9.17) is 0 Å². The monoisotopic (exact) mass is 765 g/mol. The van der Waals surface area contributed by atoms with Crippen molar-refractivity contribution in [1.29, 1.82) is 0 Å². The average Bonchev–Trinajstić information content (AvgIpc) is 3.54. The SMILES string of the molecule is CC1(C)c2ccccc2-c2ccc(-c3ccccc3N(c3cccc(-c4cccc5c4ccc4ccccc45)c3)c3ccc(-c4ccccc4)c(-c4ccccc4)c3)cc21. The number of hydrogen-bond acceptors (Lipinski definition) is 1. The number of fused-ring (bicyclic) bond motifs is 6. The van der Waals surface area contributed by atoms with Gasteiger partial charge in [-0.25, -0.2) is 0 Å². The van der Waals surface area contributed by atoms with Crippen molar-refractivity contribution in [1.82, 2.24) is 0 Å². The van der Waals surface area contributed by atoms with Gasteiger partial charge in [0.05, 0.1) is 5.69 Å². The van der Waals surface area contributed by atoms with Crippen LogP contribution < -0.4 is 4.90 Å². The molecule has 0 heterocycles. The van der Waals surface area contributed by atoms with Crippen LogP contribution in [0.5, 0.6) is 0 Å². The second-order valence-corrected chi connectivity index (χ2v) is 16.5. The average molecular weight is 766 g/mol. The van der Waals surface area contributed by atoms with Crippen molar-refractivity contribution in [3.05, 3.63) is 236 Å². The van der Waals surface area contributed by atoms with E-state index in [1.165, 1.54) is 88.3 Å². The number of rotatable bonds is 7. The lowest BCUT2D eigenvalue weighted by molar-refractivity contribution is 0.660. The highest BCUT2D eigenvalue weighted by molar-refractivity contribution is 6.12. The van der Waals surface area contributed by atoms with Gasteiger partial charge in [0.1, 0.15) is 0 Å². The molecule has 0 bridgehead atoms. The maximum absolute atomic E-state index is 2.47. The van der Waals surface area contributed by atoms with E-state index in [9.17, 15) is 0 Å². The van der Waals surface area contributed by atoms with E-state index in [0.717, 1.165) is 17.1 Å². The van der Waals surface area contributed by atoms with Crippen molar-refractivity contribution in [2.24, 2.45) is 0 Å². The van der Waals surface area contributed by atoms with Gasteiger partial charge in [-0.3, -0.25) is 0 Å². The Kier molecular flexibility index (Phi) is 8.57. The zero-order chi connectivity index (χ0) is 40.2. The third-order valence-electron chi connectivity index (χ3n) is 12.7. The first-order valence-corrected chi connectivity index (χ1v) is 20.9. The van der Waals surface area contributed by atoms with Crippen LogP contribution in [0.2, 0.25) is 0 Å². The zero-order valence-electron chi connectivity index (χ0n) is 33.8. The van der Waals surface area contributed by atoms with Gasteiger partial charge in [-0.2, -0.15) is 0 Å². The predicted octanol–water partition coefficient (Wildman–Crippen LogP) is 16.4. The second-order valence-electron chi connectivity index (χ2n) is 16.5. The number of nitrogens with zero attached hydrogens (tertiary/aromatic N) is 1. The van der Waals surface area contributed by atoms with Gasteiger partial charge < -0.3 is 4.90 Å². The lowest BCUT2D eigenvalue weighted by Gasteiger charge is -2.30. The molecule has 1 heteroatoms. The Balaban J connectivity index is 1.13. The largest absolute Gasteiger partial charge is 0.310 e. The third kappa shape index (κ3) is 5.93. The van der Waals surface area contributed by atoms with Crippen molar-refractivity contribution >= 4 is 38.6 Å². The summed E-state index contributed by atoms with van der Waals surface area (Å²) in [6.45, 7) is 4.72. The summed E-state index contributed by atoms with van der Waals surface area (Å²) in [5, 5.41) is 5.05. The Morgan fingerprint density at radius 3 is 1.72 bits per heavy atom. The molecule has 0 atom stereocenters. The molecule has 1 nitrogen and oxygen atoms in total. The number of hydrogen-bond donors (Lipinski definition) is 0. The van der Waals surface area contributed by atoms with Crippen LogP contribution in [-0.2, 0) is 5.41 Å². The molecule has 0 amide bonds. The number of anilines is 3. The maximum Gasteiger partial charge on any atom is 0.0540 e. The summed E-state index contributed by atoms with van der Waals surface area (Å²) in [4.78, 5) is 2.47. The smallest absolute Gasteiger partial charge is 0.0540 e. The first-order valence-electron chi connectivity index (χ1n) is 20.9. The highest BCUT2D eigenvalue weighted by Crippen LogP contribution is 2.51. The fraction of sp³-hybridized carbons (Fsp3) is 0.0508. The van der Waals surface area contributed by atoms with E-state index in [-0.39, 0.29) is 5.41 Å². The Labute approximate surface area is 352 Å². The molecule has 0 radical (unpaired) electrons. The van der Waals surface area contributed by atoms with Gasteiger partial charge >= 0.3 is 0 Å². The van der Waals surface area contributed by atoms with Gasteiger partial charge in [-0.05, 0) is 119 Å². The molecule has 0 spiro atoms. The van der Waals surface area contributed by atoms with Crippen LogP contribution in [0.1, 0.15) is 25.0 Å². The summed E-state index contributed by atoms with van der Waals surface area (Å²) in [7, 11) is 0. The van der Waals surface area contributed by atoms with E-state index >= 15 is 0 Å². The molecule has 284 valence electrons. The fourth-order valence-electron chi connectivity index (χ4n) is 9.71. The highest BCUT2D eigenvalue weighted by atomic mass is 15.1. The van der Waals surface area contributed by atoms with Crippen molar-refractivity contribution in [3.63, 3.8) is 0 Å². The minimum atomic E-state index is -0.105. The van der Waals surface area contributed by atoms with E-state index in [1.807, 2.05) is 0 Å². The maximum atomic E-state index is 2.47. The minimum absolute atomic E-state index is 0.105. The molecule has 11 rings (SSSR count). The summed E-state index contributed by atoms with van der Waals surface area (Å²) in [5.41, 5.74) is 18.2. The van der Waals surface area contributed by atoms with Gasteiger partial charge in [-0.1, -0.05) is 202 Å². The Morgan fingerprint density at radius 1 is 0.300 bits per heavy atom. The highest BCUT2D eigenvalue weighted by Gasteiger charge is 2.35. The minimum Gasteiger partial charge on any atom is -0.310 e. The van der Waals surface area contributed by atoms with Gasteiger partial charge in [0.15, 0.2) is 0 Å². The van der Waals surface area contributed by atoms with Crippen molar-refractivity contribution in [2.75, 3.05) is 4.90 Å². The van der Waals surface area contributed by atoms with Gasteiger partial charge in [-0.15, -0.1) is 0 Å². The second kappa shape index (κ2) is 14.4. The molecule has 10 aromatic rings. The molecule has 0 saturated heterocycles. The number of benzene rings is 10. The lowest BCUT2D eigenvalue weighted by atomic mass is 9.81. The Bertz CT molecular complexity index is 3230. The molecule has 0 unspecified atom stereocenters. The molecular weight excluding hydrogens is 723 g/mol. The van der Waals surface area contributed by atoms with Crippen molar-refractivity contribution in [2.45, 2.75) is 19.3 Å². The Hall–Kier alpha value is -7.48. The van der Waals surface area contributed by atoms with Crippen LogP contribution in [0.4, 0.5) is 17.1 Å². The lowest BCUT2D eigenvalue weighted by Crippen LogP contribution is -2.15. The molecule has 0 N–H and O–H groups in total. The fourth-order valence-corrected chi connectivity index (χ4v) is 9.71. The van der Waals surface area contributed by atoms with E-state index in [2.05, 4.69) is 243 Å². The summed E-state index contributed by atoms with van der Waals surface area (Å²) in [5.74, 6) is 0. The molecule has 1 aliphatic carbocycles. The normalized spacial score (nSPS) is 12.6. The van der Waals surface area contributed by atoms with Crippen LogP contribution in [0, 0.1) is 0 Å². The van der Waals surface area contributed by atoms with Crippen LogP contribution in [0.15, 0.2) is 224 Å². The van der Waals surface area contributed by atoms with Crippen LogP contribution in [0.3, 0.4) is 0 Å². The molecule has 60 heavy (non-hydrogen) atoms. The Morgan fingerprint density at radius 2 is 0.883 bits per heavy atom. The summed E-state index contributed by atoms with van der Waals surface area (Å²) >= 11 is 0. The third-order valence-corrected chi connectivity index (χ3v) is 12.7. The standard InChI is InChI=1S/C59H43N/c1-59(2)56-29-13-11-26-53(56)54-35-32-44(38-57(54)59)50-25-12-14-30-58(50)60(46-33-36-49(40-17-5-3-6-18-40)55(39-46)41-19-7-4-8-20-41)45-23-15-22-43(37-45)48-27-16-28-51-47-24-10-9-21-42(47)31-34-52(48)51/h3-39H,1-2H3. The van der Waals surface area contributed by atoms with E-state index in [1.54, 1.807) is 0 Å². The van der Waals surface area contributed by atoms with Crippen LogP contribution >= 0.6 is 0 Å². The first-order chi connectivity index (χ1) is 29.5. The topological polar surface area (TPSA) is 3.24 Å². The van der Waals surface area contributed by atoms with Crippen LogP contribution in [0.25, 0.3) is 77.2 Å². The summed E-state index contributed by atoms with van der Waals surface area (Å²) in [6, 6.07) is 82.5. The molecule has 0 saturated carbocycles. The molecule has 0 aliphatic heterocycles. The zero-order valence-corrected chi connectivity index (χ0v) is 33.8. The van der Waals surface area contributed by atoms with E-state index in [0.29, 0.717) is 0 Å². The summed E-state index contributed by atoms with van der Waals surface area (Å²) < 4.78 is 0. The predicted molar refractivity (Wildman–Crippen MR) is 255 cm³/mol. The quantitative estimate of drug-likeness (QED) is 0.146. The first kappa shape index (κ1) is 35.7. The molecule has 0 fully saturated rings. The van der Waals surface area contributed by atoms with Gasteiger partial charge in [0.2, 0.25) is 0 Å². The number of para-hydroxylation sites is 1. The summed E-state index contributed by atoms with van der Waals surface area (Å²) in [6.07, 6.45) is 0. The van der Waals surface area contributed by atoms with Crippen molar-refractivity contribution < 1.29 is 0 Å². The molecular formula is C59H43N. The molecule has 1 aliphatic rings. The van der Waals surface area contributed by atoms with Crippen LogP contribution in [-0.4, -0.2) is 0 Å². The van der Waals surface area contributed by atoms with Gasteiger partial charge in [0, 0.05) is 22.4 Å². The molecule has 10 aromatic carbocycles. The van der Waals surface area contributed by atoms with E-state index < -0.39 is 0 Å². The molecule has 0 aromatic heterocycles. The van der Waals surface area contributed by atoms with Crippen molar-refractivity contribution in [3.8, 4) is 55.6 Å².